The molecule has 0 aliphatic rings. The molecule has 3 aromatic heterocycles. The molecule has 0 saturated heterocycles. The Labute approximate surface area is 135 Å². The van der Waals surface area contributed by atoms with Crippen LogP contribution in [0.5, 0.6) is 0 Å². The summed E-state index contributed by atoms with van der Waals surface area (Å²) in [5.41, 5.74) is 6.63. The normalized spacial score (nSPS) is 11.4. The van der Waals surface area contributed by atoms with Gasteiger partial charge in [0.1, 0.15) is 12.6 Å². The third-order valence-electron chi connectivity index (χ3n) is 4.51. The van der Waals surface area contributed by atoms with Crippen LogP contribution in [0.3, 0.4) is 0 Å². The van der Waals surface area contributed by atoms with Gasteiger partial charge in [0.2, 0.25) is 5.69 Å². The van der Waals surface area contributed by atoms with Crippen LogP contribution >= 0.6 is 0 Å². The standard InChI is InChI=1S/C20H19N2O/c1-4-14-6-8-17(22(3)12-14)19-13(2)5-7-16-15-9-10-21-11-18(15)23-20(16)19/h5-12H,4H2,1-3H3/q+1. The highest BCUT2D eigenvalue weighted by Gasteiger charge is 2.20. The molecule has 23 heavy (non-hydrogen) atoms. The summed E-state index contributed by atoms with van der Waals surface area (Å²) in [5, 5.41) is 2.26. The Morgan fingerprint density at radius 3 is 2.74 bits per heavy atom. The van der Waals surface area contributed by atoms with Crippen LogP contribution in [0.4, 0.5) is 0 Å². The molecule has 0 unspecified atom stereocenters. The van der Waals surface area contributed by atoms with Crippen LogP contribution in [0, 0.1) is 6.92 Å². The van der Waals surface area contributed by atoms with E-state index in [1.165, 1.54) is 11.1 Å². The summed E-state index contributed by atoms with van der Waals surface area (Å²) in [7, 11) is 2.09. The van der Waals surface area contributed by atoms with Crippen molar-refractivity contribution < 1.29 is 8.98 Å². The molecule has 0 fully saturated rings. The van der Waals surface area contributed by atoms with Crippen molar-refractivity contribution in [3.63, 3.8) is 0 Å². The van der Waals surface area contributed by atoms with E-state index >= 15 is 0 Å². The molecule has 0 saturated carbocycles. The van der Waals surface area contributed by atoms with Gasteiger partial charge >= 0.3 is 0 Å². The molecule has 0 amide bonds. The molecule has 3 heteroatoms. The Hall–Kier alpha value is -2.68. The molecule has 4 rings (SSSR count). The number of hydrogen-bond donors (Lipinski definition) is 0. The van der Waals surface area contributed by atoms with E-state index < -0.39 is 0 Å². The highest BCUT2D eigenvalue weighted by molar-refractivity contribution is 6.09. The fraction of sp³-hybridized carbons (Fsp3) is 0.200. The second-order valence-corrected chi connectivity index (χ2v) is 6.00. The van der Waals surface area contributed by atoms with Crippen molar-refractivity contribution in [3.05, 3.63) is 60.0 Å². The topological polar surface area (TPSA) is 29.9 Å². The average molecular weight is 303 g/mol. The molecular weight excluding hydrogens is 284 g/mol. The van der Waals surface area contributed by atoms with E-state index in [9.17, 15) is 0 Å². The first kappa shape index (κ1) is 13.9. The highest BCUT2D eigenvalue weighted by Crippen LogP contribution is 2.36. The zero-order chi connectivity index (χ0) is 16.0. The number of aromatic nitrogens is 2. The third-order valence-corrected chi connectivity index (χ3v) is 4.51. The van der Waals surface area contributed by atoms with E-state index in [4.69, 9.17) is 4.42 Å². The quantitative estimate of drug-likeness (QED) is 0.515. The number of pyridine rings is 2. The van der Waals surface area contributed by atoms with Crippen molar-refractivity contribution in [2.45, 2.75) is 20.3 Å². The summed E-state index contributed by atoms with van der Waals surface area (Å²) in [6, 6.07) is 10.7. The summed E-state index contributed by atoms with van der Waals surface area (Å²) < 4.78 is 8.34. The molecule has 0 radical (unpaired) electrons. The number of benzene rings is 1. The Morgan fingerprint density at radius 2 is 1.96 bits per heavy atom. The van der Waals surface area contributed by atoms with Crippen LogP contribution in [-0.2, 0) is 13.5 Å². The SMILES string of the molecule is CCc1ccc(-c2c(C)ccc3c2oc2cnccc23)[n+](C)c1. The van der Waals surface area contributed by atoms with Crippen LogP contribution < -0.4 is 4.57 Å². The number of aryl methyl sites for hydroxylation is 3. The molecular formula is C20H19N2O+. The maximum Gasteiger partial charge on any atom is 0.216 e. The number of nitrogens with zero attached hydrogens (tertiary/aromatic N) is 2. The highest BCUT2D eigenvalue weighted by atomic mass is 16.3. The van der Waals surface area contributed by atoms with Gasteiger partial charge in [-0.15, -0.1) is 0 Å². The maximum atomic E-state index is 6.15. The van der Waals surface area contributed by atoms with Gasteiger partial charge in [-0.05, 0) is 31.0 Å². The second kappa shape index (κ2) is 5.20. The summed E-state index contributed by atoms with van der Waals surface area (Å²) in [5.74, 6) is 0. The van der Waals surface area contributed by atoms with E-state index in [1.807, 2.05) is 12.3 Å². The predicted octanol–water partition coefficient (Wildman–Crippen LogP) is 4.34. The minimum absolute atomic E-state index is 0.835. The zero-order valence-corrected chi connectivity index (χ0v) is 13.6. The van der Waals surface area contributed by atoms with Gasteiger partial charge in [0.15, 0.2) is 11.8 Å². The molecule has 1 aromatic carbocycles. The van der Waals surface area contributed by atoms with Crippen molar-refractivity contribution in [2.24, 2.45) is 7.05 Å². The van der Waals surface area contributed by atoms with E-state index in [2.05, 4.69) is 60.9 Å². The smallest absolute Gasteiger partial charge is 0.216 e. The van der Waals surface area contributed by atoms with Gasteiger partial charge in [0, 0.05) is 28.6 Å². The molecule has 0 spiro atoms. The van der Waals surface area contributed by atoms with Gasteiger partial charge in [-0.3, -0.25) is 4.98 Å². The number of furan rings is 1. The summed E-state index contributed by atoms with van der Waals surface area (Å²) in [6.07, 6.45) is 6.83. The largest absolute Gasteiger partial charge is 0.454 e. The van der Waals surface area contributed by atoms with Gasteiger partial charge in [-0.1, -0.05) is 19.1 Å². The first-order chi connectivity index (χ1) is 11.2. The van der Waals surface area contributed by atoms with E-state index in [1.54, 1.807) is 6.20 Å². The van der Waals surface area contributed by atoms with Crippen LogP contribution in [0.1, 0.15) is 18.1 Å². The van der Waals surface area contributed by atoms with Crippen molar-refractivity contribution in [3.8, 4) is 11.3 Å². The predicted molar refractivity (Wildman–Crippen MR) is 92.2 cm³/mol. The maximum absolute atomic E-state index is 6.15. The van der Waals surface area contributed by atoms with Crippen molar-refractivity contribution in [2.75, 3.05) is 0 Å². The molecule has 0 N–H and O–H groups in total. The van der Waals surface area contributed by atoms with E-state index in [0.717, 1.165) is 39.6 Å². The second-order valence-electron chi connectivity index (χ2n) is 6.00. The fourth-order valence-corrected chi connectivity index (χ4v) is 3.24. The van der Waals surface area contributed by atoms with Gasteiger partial charge in [0.25, 0.3) is 0 Å². The first-order valence-electron chi connectivity index (χ1n) is 7.94. The molecule has 114 valence electrons. The molecule has 4 aromatic rings. The first-order valence-corrected chi connectivity index (χ1v) is 7.94. The number of hydrogen-bond acceptors (Lipinski definition) is 2. The Morgan fingerprint density at radius 1 is 1.09 bits per heavy atom. The van der Waals surface area contributed by atoms with Gasteiger partial charge < -0.3 is 4.42 Å². The lowest BCUT2D eigenvalue weighted by Gasteiger charge is -2.06. The monoisotopic (exact) mass is 303 g/mol. The summed E-state index contributed by atoms with van der Waals surface area (Å²) in [4.78, 5) is 4.17. The van der Waals surface area contributed by atoms with Crippen molar-refractivity contribution >= 4 is 21.9 Å². The Bertz CT molecular complexity index is 1030. The van der Waals surface area contributed by atoms with Gasteiger partial charge in [-0.25, -0.2) is 4.57 Å². The lowest BCUT2D eigenvalue weighted by atomic mass is 10.0. The molecule has 0 atom stereocenters. The molecule has 3 heterocycles. The third kappa shape index (κ3) is 2.12. The van der Waals surface area contributed by atoms with Gasteiger partial charge in [-0.2, -0.15) is 0 Å². The minimum Gasteiger partial charge on any atom is -0.454 e. The van der Waals surface area contributed by atoms with Crippen LogP contribution in [0.25, 0.3) is 33.2 Å². The Balaban J connectivity index is 2.08. The van der Waals surface area contributed by atoms with Gasteiger partial charge in [0.05, 0.1) is 11.8 Å². The molecule has 0 aliphatic heterocycles. The summed E-state index contributed by atoms with van der Waals surface area (Å²) in [6.45, 7) is 4.31. The van der Waals surface area contributed by atoms with E-state index in [-0.39, 0.29) is 0 Å². The lowest BCUT2D eigenvalue weighted by Crippen LogP contribution is -2.31. The van der Waals surface area contributed by atoms with Crippen LogP contribution in [0.15, 0.2) is 53.3 Å². The molecule has 3 nitrogen and oxygen atoms in total. The van der Waals surface area contributed by atoms with Crippen molar-refractivity contribution in [1.29, 1.82) is 0 Å². The molecule has 0 aliphatic carbocycles. The number of rotatable bonds is 2. The van der Waals surface area contributed by atoms with Crippen LogP contribution in [-0.4, -0.2) is 4.98 Å². The fourth-order valence-electron chi connectivity index (χ4n) is 3.24. The Kier molecular flexibility index (Phi) is 3.15. The minimum atomic E-state index is 0.835. The number of fused-ring (bicyclic) bond motifs is 3. The van der Waals surface area contributed by atoms with E-state index in [0.29, 0.717) is 0 Å². The zero-order valence-electron chi connectivity index (χ0n) is 13.6. The lowest BCUT2D eigenvalue weighted by molar-refractivity contribution is -0.660. The van der Waals surface area contributed by atoms with Crippen molar-refractivity contribution in [1.82, 2.24) is 4.98 Å². The van der Waals surface area contributed by atoms with Crippen LogP contribution in [0.2, 0.25) is 0 Å². The average Bonchev–Trinajstić information content (AvgIpc) is 2.94. The summed E-state index contributed by atoms with van der Waals surface area (Å²) >= 11 is 0. The molecule has 0 bridgehead atoms.